The van der Waals surface area contributed by atoms with Crippen LogP contribution in [0.15, 0.2) is 23.2 Å². The lowest BCUT2D eigenvalue weighted by Gasteiger charge is -2.26. The number of amides is 1. The van der Waals surface area contributed by atoms with E-state index in [1.807, 2.05) is 0 Å². The number of morpholine rings is 1. The molecule has 2 fully saturated rings. The van der Waals surface area contributed by atoms with Crippen LogP contribution in [0.2, 0.25) is 0 Å². The first-order valence-electron chi connectivity index (χ1n) is 11.3. The van der Waals surface area contributed by atoms with E-state index in [1.54, 1.807) is 19.0 Å². The largest absolute Gasteiger partial charge is 0.493 e. The Labute approximate surface area is 186 Å². The molecule has 0 bridgehead atoms. The van der Waals surface area contributed by atoms with Crippen LogP contribution in [-0.2, 0) is 16.1 Å². The minimum absolute atomic E-state index is 0.00599. The van der Waals surface area contributed by atoms with Crippen molar-refractivity contribution in [2.24, 2.45) is 10.9 Å². The van der Waals surface area contributed by atoms with E-state index in [4.69, 9.17) is 14.5 Å². The summed E-state index contributed by atoms with van der Waals surface area (Å²) < 4.78 is 11.5. The average molecular weight is 432 g/mol. The van der Waals surface area contributed by atoms with Crippen LogP contribution >= 0.6 is 0 Å². The molecule has 1 saturated carbocycles. The second-order valence-electron chi connectivity index (χ2n) is 8.55. The van der Waals surface area contributed by atoms with Gasteiger partial charge in [0.15, 0.2) is 5.96 Å². The van der Waals surface area contributed by atoms with Crippen molar-refractivity contribution in [2.45, 2.75) is 26.3 Å². The van der Waals surface area contributed by atoms with Gasteiger partial charge in [-0.25, -0.2) is 4.99 Å². The highest BCUT2D eigenvalue weighted by molar-refractivity contribution is 5.86. The summed E-state index contributed by atoms with van der Waals surface area (Å²) in [4.78, 5) is 20.7. The van der Waals surface area contributed by atoms with E-state index in [0.717, 1.165) is 57.3 Å². The van der Waals surface area contributed by atoms with Gasteiger partial charge in [0, 0.05) is 45.8 Å². The summed E-state index contributed by atoms with van der Waals surface area (Å²) in [6.45, 7) is 8.68. The molecule has 2 N–H and O–H groups in total. The highest BCUT2D eigenvalue weighted by Crippen LogP contribution is 2.30. The number of likely N-dealkylation sites (N-methyl/N-ethyl adjacent to an activating group) is 1. The van der Waals surface area contributed by atoms with Gasteiger partial charge in [0.25, 0.3) is 0 Å². The Morgan fingerprint density at radius 1 is 1.26 bits per heavy atom. The van der Waals surface area contributed by atoms with Gasteiger partial charge in [-0.05, 0) is 37.3 Å². The van der Waals surface area contributed by atoms with Crippen molar-refractivity contribution < 1.29 is 14.3 Å². The van der Waals surface area contributed by atoms with E-state index >= 15 is 0 Å². The van der Waals surface area contributed by atoms with Crippen LogP contribution < -0.4 is 15.4 Å². The summed E-state index contributed by atoms with van der Waals surface area (Å²) in [6.07, 6.45) is 2.53. The van der Waals surface area contributed by atoms with Crippen molar-refractivity contribution in [3.63, 3.8) is 0 Å². The molecule has 31 heavy (non-hydrogen) atoms. The number of rotatable bonds is 10. The fourth-order valence-electron chi connectivity index (χ4n) is 3.23. The quantitative estimate of drug-likeness (QED) is 0.429. The molecule has 8 heteroatoms. The van der Waals surface area contributed by atoms with Crippen molar-refractivity contribution in [1.82, 2.24) is 20.4 Å². The van der Waals surface area contributed by atoms with Crippen molar-refractivity contribution >= 4 is 11.9 Å². The third-order valence-electron chi connectivity index (χ3n) is 5.53. The number of aliphatic imine (C=N–C) groups is 1. The van der Waals surface area contributed by atoms with Crippen molar-refractivity contribution in [1.29, 1.82) is 0 Å². The number of hydrogen-bond donors (Lipinski definition) is 2. The number of carbonyl (C=O) groups is 1. The van der Waals surface area contributed by atoms with Crippen LogP contribution in [0.4, 0.5) is 0 Å². The standard InChI is InChI=1S/C23H37N5O3/c1-18-4-7-20(21(14-18)31-17-19-5-6-19)15-25-23(26-16-22(29)27(2)3)24-8-9-28-10-12-30-13-11-28/h4,7,14,19H,5-6,8-13,15-17H2,1-3H3,(H2,24,25,26). The molecule has 1 saturated heterocycles. The number of aryl methyl sites for hydroxylation is 1. The molecule has 8 nitrogen and oxygen atoms in total. The number of ether oxygens (including phenoxy) is 2. The first-order valence-corrected chi connectivity index (χ1v) is 11.3. The number of nitrogens with zero attached hydrogens (tertiary/aromatic N) is 3. The predicted molar refractivity (Wildman–Crippen MR) is 122 cm³/mol. The second kappa shape index (κ2) is 11.9. The molecular formula is C23H37N5O3. The van der Waals surface area contributed by atoms with Crippen molar-refractivity contribution in [3.8, 4) is 5.75 Å². The van der Waals surface area contributed by atoms with Crippen LogP contribution in [0.25, 0.3) is 0 Å². The molecule has 0 radical (unpaired) electrons. The number of guanidine groups is 1. The van der Waals surface area contributed by atoms with Gasteiger partial charge in [-0.3, -0.25) is 9.69 Å². The summed E-state index contributed by atoms with van der Waals surface area (Å²) >= 11 is 0. The molecular weight excluding hydrogens is 394 g/mol. The van der Waals surface area contributed by atoms with Gasteiger partial charge in [-0.2, -0.15) is 0 Å². The fraction of sp³-hybridized carbons (Fsp3) is 0.652. The van der Waals surface area contributed by atoms with Crippen LogP contribution in [0.3, 0.4) is 0 Å². The Bertz CT molecular complexity index is 743. The second-order valence-corrected chi connectivity index (χ2v) is 8.55. The minimum atomic E-state index is 0.00599. The zero-order chi connectivity index (χ0) is 22.1. The number of carbonyl (C=O) groups excluding carboxylic acids is 1. The summed E-state index contributed by atoms with van der Waals surface area (Å²) in [6, 6.07) is 6.25. The highest BCUT2D eigenvalue weighted by atomic mass is 16.5. The van der Waals surface area contributed by atoms with E-state index in [9.17, 15) is 4.79 Å². The molecule has 3 rings (SSSR count). The molecule has 1 amide bonds. The van der Waals surface area contributed by atoms with E-state index < -0.39 is 0 Å². The molecule has 0 unspecified atom stereocenters. The minimum Gasteiger partial charge on any atom is -0.493 e. The zero-order valence-electron chi connectivity index (χ0n) is 19.2. The number of hydrogen-bond acceptors (Lipinski definition) is 5. The molecule has 1 aliphatic heterocycles. The van der Waals surface area contributed by atoms with E-state index in [2.05, 4.69) is 40.7 Å². The van der Waals surface area contributed by atoms with E-state index in [-0.39, 0.29) is 12.5 Å². The summed E-state index contributed by atoms with van der Waals surface area (Å²) in [7, 11) is 3.50. The Morgan fingerprint density at radius 2 is 2.03 bits per heavy atom. The normalized spacial score (nSPS) is 17.3. The van der Waals surface area contributed by atoms with Gasteiger partial charge >= 0.3 is 0 Å². The van der Waals surface area contributed by atoms with Crippen LogP contribution in [0, 0.1) is 12.8 Å². The lowest BCUT2D eigenvalue weighted by Crippen LogP contribution is -2.46. The SMILES string of the molecule is Cc1ccc(CN=C(NCCN2CCOCC2)NCC(=O)N(C)C)c(OCC2CC2)c1. The Morgan fingerprint density at radius 3 is 2.74 bits per heavy atom. The topological polar surface area (TPSA) is 78.4 Å². The first-order chi connectivity index (χ1) is 15.0. The highest BCUT2D eigenvalue weighted by Gasteiger charge is 2.22. The number of benzene rings is 1. The Hall–Kier alpha value is -2.32. The van der Waals surface area contributed by atoms with Crippen molar-refractivity contribution in [3.05, 3.63) is 29.3 Å². The van der Waals surface area contributed by atoms with Gasteiger partial charge in [0.05, 0.1) is 32.9 Å². The molecule has 1 aliphatic carbocycles. The average Bonchev–Trinajstić information content (AvgIpc) is 3.59. The molecule has 1 aromatic rings. The molecule has 172 valence electrons. The van der Waals surface area contributed by atoms with Gasteiger partial charge < -0.3 is 25.0 Å². The molecule has 1 aromatic carbocycles. The molecule has 1 heterocycles. The Balaban J connectivity index is 1.60. The summed E-state index contributed by atoms with van der Waals surface area (Å²) in [5.41, 5.74) is 2.23. The summed E-state index contributed by atoms with van der Waals surface area (Å²) in [5, 5.41) is 6.53. The molecule has 0 atom stereocenters. The van der Waals surface area contributed by atoms with Crippen LogP contribution in [-0.4, -0.2) is 88.3 Å². The maximum atomic E-state index is 12.0. The molecule has 2 aliphatic rings. The zero-order valence-corrected chi connectivity index (χ0v) is 19.2. The third kappa shape index (κ3) is 8.38. The number of nitrogens with one attached hydrogen (secondary N) is 2. The fourth-order valence-corrected chi connectivity index (χ4v) is 3.23. The van der Waals surface area contributed by atoms with Gasteiger partial charge in [-0.1, -0.05) is 12.1 Å². The Kier molecular flexibility index (Phi) is 8.97. The summed E-state index contributed by atoms with van der Waals surface area (Å²) in [5.74, 6) is 2.25. The van der Waals surface area contributed by atoms with Crippen LogP contribution in [0.5, 0.6) is 5.75 Å². The molecule has 0 spiro atoms. The third-order valence-corrected chi connectivity index (χ3v) is 5.53. The maximum Gasteiger partial charge on any atom is 0.241 e. The van der Waals surface area contributed by atoms with Crippen molar-refractivity contribution in [2.75, 3.05) is 66.6 Å². The van der Waals surface area contributed by atoms with E-state index in [0.29, 0.717) is 18.4 Å². The van der Waals surface area contributed by atoms with Gasteiger partial charge in [0.2, 0.25) is 5.91 Å². The first kappa shape index (κ1) is 23.3. The smallest absolute Gasteiger partial charge is 0.241 e. The van der Waals surface area contributed by atoms with Gasteiger partial charge in [0.1, 0.15) is 5.75 Å². The van der Waals surface area contributed by atoms with Crippen LogP contribution in [0.1, 0.15) is 24.0 Å². The van der Waals surface area contributed by atoms with E-state index in [1.165, 1.54) is 18.4 Å². The maximum absolute atomic E-state index is 12.0. The monoisotopic (exact) mass is 431 g/mol. The lowest BCUT2D eigenvalue weighted by molar-refractivity contribution is -0.127. The van der Waals surface area contributed by atoms with Gasteiger partial charge in [-0.15, -0.1) is 0 Å². The predicted octanol–water partition coefficient (Wildman–Crippen LogP) is 1.24. The molecule has 0 aromatic heterocycles. The lowest BCUT2D eigenvalue weighted by atomic mass is 10.1.